The Hall–Kier alpha value is -1.62. The zero-order valence-electron chi connectivity index (χ0n) is 10.6. The van der Waals surface area contributed by atoms with E-state index in [9.17, 15) is 9.59 Å². The van der Waals surface area contributed by atoms with Gasteiger partial charge >= 0.3 is 0 Å². The van der Waals surface area contributed by atoms with Crippen LogP contribution in [0.1, 0.15) is 29.6 Å². The van der Waals surface area contributed by atoms with Crippen LogP contribution in [0, 0.1) is 0 Å². The van der Waals surface area contributed by atoms with Crippen molar-refractivity contribution in [2.24, 2.45) is 0 Å². The molecule has 98 valence electrons. The number of pyridine rings is 1. The predicted molar refractivity (Wildman–Crippen MR) is 69.7 cm³/mol. The first-order chi connectivity index (χ1) is 8.74. The molecule has 2 rings (SSSR count). The molecule has 0 spiro atoms. The molecule has 1 aliphatic heterocycles. The van der Waals surface area contributed by atoms with E-state index < -0.39 is 0 Å². The van der Waals surface area contributed by atoms with Crippen LogP contribution in [0.4, 0.5) is 0 Å². The summed E-state index contributed by atoms with van der Waals surface area (Å²) >= 11 is 0. The number of carbonyl (C=O) groups excluding carboxylic acids is 1. The van der Waals surface area contributed by atoms with Crippen LogP contribution in [-0.4, -0.2) is 42.0 Å². The van der Waals surface area contributed by atoms with Crippen molar-refractivity contribution >= 4 is 5.91 Å². The fraction of sp³-hybridized carbons (Fsp3) is 0.538. The first-order valence-electron chi connectivity index (χ1n) is 6.37. The molecule has 2 heterocycles. The normalized spacial score (nSPS) is 19.8. The van der Waals surface area contributed by atoms with Crippen LogP contribution in [0.2, 0.25) is 0 Å². The molecule has 1 aliphatic rings. The summed E-state index contributed by atoms with van der Waals surface area (Å²) in [6, 6.07) is 3.47. The SMILES string of the molecule is CNCC1CCCCN1C(=O)c1ccc[nH]c1=O. The number of piperidine rings is 1. The number of carbonyl (C=O) groups is 1. The van der Waals surface area contributed by atoms with E-state index in [1.54, 1.807) is 18.3 Å². The average molecular weight is 249 g/mol. The Morgan fingerprint density at radius 3 is 3.11 bits per heavy atom. The van der Waals surface area contributed by atoms with Gasteiger partial charge in [0, 0.05) is 25.3 Å². The molecule has 1 atom stereocenters. The van der Waals surface area contributed by atoms with Crippen molar-refractivity contribution in [3.05, 3.63) is 34.2 Å². The highest BCUT2D eigenvalue weighted by molar-refractivity contribution is 5.94. The van der Waals surface area contributed by atoms with E-state index in [1.807, 2.05) is 11.9 Å². The Labute approximate surface area is 106 Å². The van der Waals surface area contributed by atoms with Gasteiger partial charge in [0.15, 0.2) is 0 Å². The number of amides is 1. The number of aromatic nitrogens is 1. The Kier molecular flexibility index (Phi) is 4.15. The quantitative estimate of drug-likeness (QED) is 0.824. The van der Waals surface area contributed by atoms with Crippen LogP contribution in [0.5, 0.6) is 0 Å². The summed E-state index contributed by atoms with van der Waals surface area (Å²) in [5.74, 6) is -0.156. The highest BCUT2D eigenvalue weighted by Crippen LogP contribution is 2.18. The number of likely N-dealkylation sites (tertiary alicyclic amines) is 1. The molecule has 0 aliphatic carbocycles. The molecule has 1 amide bonds. The summed E-state index contributed by atoms with van der Waals surface area (Å²) in [7, 11) is 1.88. The van der Waals surface area contributed by atoms with Gasteiger partial charge in [0.25, 0.3) is 11.5 Å². The van der Waals surface area contributed by atoms with Gasteiger partial charge in [0.05, 0.1) is 0 Å². The van der Waals surface area contributed by atoms with Gasteiger partial charge in [-0.2, -0.15) is 0 Å². The van der Waals surface area contributed by atoms with E-state index in [0.717, 1.165) is 32.4 Å². The van der Waals surface area contributed by atoms with Crippen molar-refractivity contribution in [1.29, 1.82) is 0 Å². The number of nitrogens with zero attached hydrogens (tertiary/aromatic N) is 1. The molecular formula is C13H19N3O2. The number of aromatic amines is 1. The molecule has 0 aromatic carbocycles. The van der Waals surface area contributed by atoms with Crippen molar-refractivity contribution in [1.82, 2.24) is 15.2 Å². The number of H-pyrrole nitrogens is 1. The average Bonchev–Trinajstić information content (AvgIpc) is 2.40. The number of rotatable bonds is 3. The van der Waals surface area contributed by atoms with E-state index in [2.05, 4.69) is 10.3 Å². The van der Waals surface area contributed by atoms with Crippen molar-refractivity contribution < 1.29 is 4.79 Å². The minimum absolute atomic E-state index is 0.156. The first kappa shape index (κ1) is 12.8. The Balaban J connectivity index is 2.21. The molecule has 1 saturated heterocycles. The van der Waals surface area contributed by atoms with Gasteiger partial charge in [0.2, 0.25) is 0 Å². The third-order valence-corrected chi connectivity index (χ3v) is 3.38. The first-order valence-corrected chi connectivity index (χ1v) is 6.37. The maximum Gasteiger partial charge on any atom is 0.260 e. The lowest BCUT2D eigenvalue weighted by atomic mass is 10.0. The van der Waals surface area contributed by atoms with Crippen LogP contribution in [0.15, 0.2) is 23.1 Å². The minimum atomic E-state index is -0.309. The molecule has 1 aromatic heterocycles. The molecule has 5 nitrogen and oxygen atoms in total. The number of hydrogen-bond acceptors (Lipinski definition) is 3. The third kappa shape index (κ3) is 2.61. The van der Waals surface area contributed by atoms with Crippen LogP contribution in [-0.2, 0) is 0 Å². The summed E-state index contributed by atoms with van der Waals surface area (Å²) in [6.07, 6.45) is 4.69. The summed E-state index contributed by atoms with van der Waals surface area (Å²) in [6.45, 7) is 1.51. The summed E-state index contributed by atoms with van der Waals surface area (Å²) in [5.41, 5.74) is -0.0724. The maximum absolute atomic E-state index is 12.4. The molecule has 0 bridgehead atoms. The smallest absolute Gasteiger partial charge is 0.260 e. The Bertz CT molecular complexity index is 467. The summed E-state index contributed by atoms with van der Waals surface area (Å²) in [4.78, 5) is 28.4. The largest absolute Gasteiger partial charge is 0.334 e. The van der Waals surface area contributed by atoms with Gasteiger partial charge in [-0.3, -0.25) is 9.59 Å². The second kappa shape index (κ2) is 5.82. The van der Waals surface area contributed by atoms with Gasteiger partial charge in [-0.05, 0) is 38.4 Å². The molecule has 1 aromatic rings. The maximum atomic E-state index is 12.4. The zero-order chi connectivity index (χ0) is 13.0. The van der Waals surface area contributed by atoms with Crippen molar-refractivity contribution in [2.75, 3.05) is 20.1 Å². The molecule has 0 radical (unpaired) electrons. The van der Waals surface area contributed by atoms with E-state index >= 15 is 0 Å². The van der Waals surface area contributed by atoms with E-state index in [4.69, 9.17) is 0 Å². The van der Waals surface area contributed by atoms with Gasteiger partial charge < -0.3 is 15.2 Å². The lowest BCUT2D eigenvalue weighted by molar-refractivity contribution is 0.0613. The predicted octanol–water partition coefficient (Wildman–Crippen LogP) is 0.589. The van der Waals surface area contributed by atoms with Crippen molar-refractivity contribution in [3.63, 3.8) is 0 Å². The Morgan fingerprint density at radius 2 is 2.39 bits per heavy atom. The van der Waals surface area contributed by atoms with Crippen LogP contribution in [0.25, 0.3) is 0 Å². The van der Waals surface area contributed by atoms with Gasteiger partial charge in [0.1, 0.15) is 5.56 Å². The monoisotopic (exact) mass is 249 g/mol. The highest BCUT2D eigenvalue weighted by atomic mass is 16.2. The molecule has 1 fully saturated rings. The fourth-order valence-corrected chi connectivity index (χ4v) is 2.46. The summed E-state index contributed by atoms with van der Waals surface area (Å²) in [5, 5.41) is 3.11. The third-order valence-electron chi connectivity index (χ3n) is 3.38. The lowest BCUT2D eigenvalue weighted by Gasteiger charge is -2.35. The lowest BCUT2D eigenvalue weighted by Crippen LogP contribution is -2.49. The minimum Gasteiger partial charge on any atom is -0.334 e. The molecule has 0 saturated carbocycles. The van der Waals surface area contributed by atoms with Gasteiger partial charge in [-0.25, -0.2) is 0 Å². The van der Waals surface area contributed by atoms with Crippen LogP contribution in [0.3, 0.4) is 0 Å². The number of hydrogen-bond donors (Lipinski definition) is 2. The molecule has 1 unspecified atom stereocenters. The second-order valence-corrected chi connectivity index (χ2v) is 4.62. The van der Waals surface area contributed by atoms with E-state index in [-0.39, 0.29) is 23.1 Å². The second-order valence-electron chi connectivity index (χ2n) is 4.62. The zero-order valence-corrected chi connectivity index (χ0v) is 10.6. The Morgan fingerprint density at radius 1 is 1.56 bits per heavy atom. The van der Waals surface area contributed by atoms with E-state index in [0.29, 0.717) is 0 Å². The summed E-state index contributed by atoms with van der Waals surface area (Å²) < 4.78 is 0. The molecular weight excluding hydrogens is 230 g/mol. The van der Waals surface area contributed by atoms with Gasteiger partial charge in [-0.15, -0.1) is 0 Å². The van der Waals surface area contributed by atoms with Crippen LogP contribution >= 0.6 is 0 Å². The standard InChI is InChI=1S/C13H19N3O2/c1-14-9-10-5-2-3-8-16(10)13(18)11-6-4-7-15-12(11)17/h4,6-7,10,14H,2-3,5,8-9H2,1H3,(H,15,17). The molecule has 5 heteroatoms. The van der Waals surface area contributed by atoms with Crippen LogP contribution < -0.4 is 10.9 Å². The van der Waals surface area contributed by atoms with Gasteiger partial charge in [-0.1, -0.05) is 0 Å². The highest BCUT2D eigenvalue weighted by Gasteiger charge is 2.27. The van der Waals surface area contributed by atoms with Crippen molar-refractivity contribution in [2.45, 2.75) is 25.3 Å². The fourth-order valence-electron chi connectivity index (χ4n) is 2.46. The molecule has 18 heavy (non-hydrogen) atoms. The van der Waals surface area contributed by atoms with E-state index in [1.165, 1.54) is 0 Å². The van der Waals surface area contributed by atoms with Crippen molar-refractivity contribution in [3.8, 4) is 0 Å². The number of likely N-dealkylation sites (N-methyl/N-ethyl adjacent to an activating group) is 1. The topological polar surface area (TPSA) is 65.2 Å². The number of nitrogens with one attached hydrogen (secondary N) is 2. The molecule has 2 N–H and O–H groups in total.